The van der Waals surface area contributed by atoms with E-state index in [9.17, 15) is 4.79 Å². The van der Waals surface area contributed by atoms with Gasteiger partial charge in [0.2, 0.25) is 17.6 Å². The number of hydrogen-bond donors (Lipinski definition) is 0. The lowest BCUT2D eigenvalue weighted by Crippen LogP contribution is -2.24. The molecule has 1 amide bonds. The number of amides is 1. The molecule has 3 aromatic rings. The lowest BCUT2D eigenvalue weighted by Gasteiger charge is -2.12. The van der Waals surface area contributed by atoms with Crippen molar-refractivity contribution in [1.29, 1.82) is 0 Å². The van der Waals surface area contributed by atoms with Crippen molar-refractivity contribution in [2.75, 3.05) is 35.5 Å². The number of ether oxygens (including phenoxy) is 4. The van der Waals surface area contributed by atoms with Crippen LogP contribution in [0.3, 0.4) is 0 Å². The summed E-state index contributed by atoms with van der Waals surface area (Å²) in [5.41, 5.74) is 1.46. The Balaban J connectivity index is 1.68. The van der Waals surface area contributed by atoms with Crippen LogP contribution in [0.5, 0.6) is 23.0 Å². The largest absolute Gasteiger partial charge is 0.497 e. The third kappa shape index (κ3) is 5.18. The van der Waals surface area contributed by atoms with Crippen LogP contribution in [0.4, 0.5) is 0 Å². The summed E-state index contributed by atoms with van der Waals surface area (Å²) in [5.74, 6) is 2.85. The first-order chi connectivity index (χ1) is 15.5. The van der Waals surface area contributed by atoms with Crippen LogP contribution >= 0.6 is 0 Å². The average molecular weight is 439 g/mol. The molecule has 9 heteroatoms. The van der Waals surface area contributed by atoms with Gasteiger partial charge in [0.05, 0.1) is 40.5 Å². The van der Waals surface area contributed by atoms with Crippen LogP contribution in [0, 0.1) is 0 Å². The van der Waals surface area contributed by atoms with Crippen molar-refractivity contribution in [3.63, 3.8) is 0 Å². The molecular weight excluding hydrogens is 414 g/mol. The molecule has 3 rings (SSSR count). The normalized spacial score (nSPS) is 10.8. The number of carbonyl (C=O) groups excluding carboxylic acids is 1. The minimum atomic E-state index is -0.221. The summed E-state index contributed by atoms with van der Waals surface area (Å²) < 4.78 is 26.4. The minimum absolute atomic E-state index is 0.153. The van der Waals surface area contributed by atoms with Gasteiger partial charge in [0.1, 0.15) is 11.5 Å². The van der Waals surface area contributed by atoms with Gasteiger partial charge >= 0.3 is 0 Å². The molecule has 0 spiro atoms. The van der Waals surface area contributed by atoms with E-state index < -0.39 is 0 Å². The van der Waals surface area contributed by atoms with E-state index in [1.807, 2.05) is 6.07 Å². The second-order valence-corrected chi connectivity index (χ2v) is 6.72. The Bertz CT molecular complexity index is 1110. The van der Waals surface area contributed by atoms with Crippen LogP contribution in [0.2, 0.25) is 0 Å². The van der Waals surface area contributed by atoms with Crippen LogP contribution in [0.15, 0.2) is 47.0 Å². The van der Waals surface area contributed by atoms with E-state index in [1.54, 1.807) is 71.9 Å². The zero-order chi connectivity index (χ0) is 23.1. The lowest BCUT2D eigenvalue weighted by molar-refractivity contribution is -0.125. The van der Waals surface area contributed by atoms with Gasteiger partial charge in [-0.2, -0.15) is 4.98 Å². The zero-order valence-corrected chi connectivity index (χ0v) is 18.6. The second-order valence-electron chi connectivity index (χ2n) is 6.72. The van der Waals surface area contributed by atoms with Crippen molar-refractivity contribution < 1.29 is 28.3 Å². The molecule has 0 fully saturated rings. The molecular formula is C23H25N3O6. The van der Waals surface area contributed by atoms with Crippen LogP contribution < -0.4 is 18.9 Å². The van der Waals surface area contributed by atoms with Crippen LogP contribution in [-0.4, -0.2) is 56.4 Å². The summed E-state index contributed by atoms with van der Waals surface area (Å²) in [5, 5.41) is 4.00. The molecule has 0 atom stereocenters. The third-order valence-corrected chi connectivity index (χ3v) is 4.69. The van der Waals surface area contributed by atoms with Gasteiger partial charge < -0.3 is 28.4 Å². The van der Waals surface area contributed by atoms with E-state index in [0.717, 1.165) is 5.56 Å². The molecule has 0 saturated carbocycles. The maximum Gasteiger partial charge on any atom is 0.246 e. The fraction of sp³-hybridized carbons (Fsp3) is 0.261. The Labute approximate surface area is 186 Å². The minimum Gasteiger partial charge on any atom is -0.497 e. The second kappa shape index (κ2) is 10.3. The molecule has 9 nitrogen and oxygen atoms in total. The number of carbonyl (C=O) groups is 1. The Morgan fingerprint density at radius 2 is 1.72 bits per heavy atom. The third-order valence-electron chi connectivity index (χ3n) is 4.69. The van der Waals surface area contributed by atoms with E-state index in [4.69, 9.17) is 23.5 Å². The first-order valence-electron chi connectivity index (χ1n) is 9.69. The van der Waals surface area contributed by atoms with Gasteiger partial charge in [-0.05, 0) is 35.9 Å². The summed E-state index contributed by atoms with van der Waals surface area (Å²) in [6.45, 7) is 0.153. The number of benzene rings is 2. The first kappa shape index (κ1) is 22.7. The summed E-state index contributed by atoms with van der Waals surface area (Å²) in [6.07, 6.45) is 3.16. The predicted octanol–water partition coefficient (Wildman–Crippen LogP) is 3.44. The molecule has 1 heterocycles. The van der Waals surface area contributed by atoms with Crippen molar-refractivity contribution in [2.45, 2.75) is 6.54 Å². The van der Waals surface area contributed by atoms with Crippen molar-refractivity contribution in [3.8, 4) is 34.4 Å². The maximum atomic E-state index is 12.5. The van der Waals surface area contributed by atoms with Crippen molar-refractivity contribution in [2.24, 2.45) is 0 Å². The van der Waals surface area contributed by atoms with Gasteiger partial charge in [0.25, 0.3) is 0 Å². The van der Waals surface area contributed by atoms with Crippen molar-refractivity contribution in [1.82, 2.24) is 15.0 Å². The van der Waals surface area contributed by atoms with E-state index in [0.29, 0.717) is 40.3 Å². The summed E-state index contributed by atoms with van der Waals surface area (Å²) in [6, 6.07) is 10.7. The number of likely N-dealkylation sites (N-methyl/N-ethyl adjacent to an activating group) is 1. The molecule has 0 aliphatic rings. The van der Waals surface area contributed by atoms with E-state index in [-0.39, 0.29) is 12.5 Å². The van der Waals surface area contributed by atoms with Gasteiger partial charge in [0, 0.05) is 19.2 Å². The van der Waals surface area contributed by atoms with Crippen LogP contribution in [-0.2, 0) is 11.3 Å². The summed E-state index contributed by atoms with van der Waals surface area (Å²) >= 11 is 0. The van der Waals surface area contributed by atoms with E-state index in [1.165, 1.54) is 11.0 Å². The zero-order valence-electron chi connectivity index (χ0n) is 18.6. The average Bonchev–Trinajstić information content (AvgIpc) is 3.29. The fourth-order valence-electron chi connectivity index (χ4n) is 2.94. The fourth-order valence-corrected chi connectivity index (χ4v) is 2.94. The molecule has 0 bridgehead atoms. The highest BCUT2D eigenvalue weighted by molar-refractivity contribution is 5.91. The van der Waals surface area contributed by atoms with Crippen molar-refractivity contribution in [3.05, 3.63) is 53.9 Å². The SMILES string of the molecule is COc1ccc(-c2noc(CN(C)C(=O)/C=C/c3ccc(OC)c(OC)c3)n2)c(OC)c1. The predicted molar refractivity (Wildman–Crippen MR) is 118 cm³/mol. The molecule has 0 aliphatic heterocycles. The number of nitrogens with zero attached hydrogens (tertiary/aromatic N) is 3. The molecule has 0 aliphatic carbocycles. The highest BCUT2D eigenvalue weighted by Crippen LogP contribution is 2.31. The topological polar surface area (TPSA) is 96.2 Å². The van der Waals surface area contributed by atoms with Gasteiger partial charge in [-0.1, -0.05) is 11.2 Å². The standard InChI is InChI=1S/C23H25N3O6/c1-26(22(27)11-7-15-6-10-18(29-3)20(12-15)31-5)14-21-24-23(25-32-21)17-9-8-16(28-2)13-19(17)30-4/h6-13H,14H2,1-5H3/b11-7+. The molecule has 32 heavy (non-hydrogen) atoms. The Morgan fingerprint density at radius 1 is 0.969 bits per heavy atom. The highest BCUT2D eigenvalue weighted by Gasteiger charge is 2.16. The number of hydrogen-bond acceptors (Lipinski definition) is 8. The number of rotatable bonds is 9. The smallest absolute Gasteiger partial charge is 0.246 e. The van der Waals surface area contributed by atoms with Gasteiger partial charge in [0.15, 0.2) is 11.5 Å². The molecule has 168 valence electrons. The molecule has 1 aromatic heterocycles. The van der Waals surface area contributed by atoms with E-state index >= 15 is 0 Å². The summed E-state index contributed by atoms with van der Waals surface area (Å²) in [4.78, 5) is 18.4. The first-order valence-corrected chi connectivity index (χ1v) is 9.69. The Morgan fingerprint density at radius 3 is 2.41 bits per heavy atom. The number of methoxy groups -OCH3 is 4. The molecule has 2 aromatic carbocycles. The van der Waals surface area contributed by atoms with Gasteiger partial charge in [-0.3, -0.25) is 4.79 Å². The highest BCUT2D eigenvalue weighted by atomic mass is 16.5. The maximum absolute atomic E-state index is 12.5. The van der Waals surface area contributed by atoms with E-state index in [2.05, 4.69) is 10.1 Å². The molecule has 0 N–H and O–H groups in total. The monoisotopic (exact) mass is 439 g/mol. The summed E-state index contributed by atoms with van der Waals surface area (Å²) in [7, 11) is 7.91. The molecule has 0 unspecified atom stereocenters. The number of aromatic nitrogens is 2. The quantitative estimate of drug-likeness (QED) is 0.468. The Hall–Kier alpha value is -4.01. The lowest BCUT2D eigenvalue weighted by atomic mass is 10.2. The Kier molecular flexibility index (Phi) is 7.33. The van der Waals surface area contributed by atoms with Gasteiger partial charge in [-0.15, -0.1) is 0 Å². The van der Waals surface area contributed by atoms with Crippen LogP contribution in [0.25, 0.3) is 17.5 Å². The van der Waals surface area contributed by atoms with Gasteiger partial charge in [-0.25, -0.2) is 0 Å². The van der Waals surface area contributed by atoms with Crippen LogP contribution in [0.1, 0.15) is 11.5 Å². The molecule has 0 saturated heterocycles. The molecule has 0 radical (unpaired) electrons. The van der Waals surface area contributed by atoms with Crippen molar-refractivity contribution >= 4 is 12.0 Å².